The quantitative estimate of drug-likeness (QED) is 0.577. The van der Waals surface area contributed by atoms with Crippen molar-refractivity contribution in [3.05, 3.63) is 68.1 Å². The Morgan fingerprint density at radius 2 is 1.69 bits per heavy atom. The Morgan fingerprint density at radius 1 is 1.03 bits per heavy atom. The summed E-state index contributed by atoms with van der Waals surface area (Å²) in [5.41, 5.74) is 6.88. The monoisotopic (exact) mass is 485 g/mol. The maximum Gasteiger partial charge on any atom is 0.344 e. The molecule has 4 aliphatic rings. The van der Waals surface area contributed by atoms with Crippen LogP contribution in [0.5, 0.6) is 5.75 Å². The van der Waals surface area contributed by atoms with E-state index in [2.05, 4.69) is 26.0 Å². The van der Waals surface area contributed by atoms with Gasteiger partial charge in [-0.15, -0.1) is 0 Å². The summed E-state index contributed by atoms with van der Waals surface area (Å²) in [6.45, 7) is 8.12. The van der Waals surface area contributed by atoms with Gasteiger partial charge in [0.15, 0.2) is 5.41 Å². The van der Waals surface area contributed by atoms with Crippen molar-refractivity contribution in [1.82, 2.24) is 0 Å². The highest BCUT2D eigenvalue weighted by Crippen LogP contribution is 2.63. The van der Waals surface area contributed by atoms with Crippen molar-refractivity contribution < 1.29 is 13.9 Å². The van der Waals surface area contributed by atoms with E-state index in [-0.39, 0.29) is 34.1 Å². The highest BCUT2D eigenvalue weighted by atomic mass is 16.5. The zero-order valence-electron chi connectivity index (χ0n) is 21.3. The number of anilines is 1. The van der Waals surface area contributed by atoms with Crippen molar-refractivity contribution >= 4 is 11.6 Å². The van der Waals surface area contributed by atoms with Crippen LogP contribution in [0.25, 0.3) is 0 Å². The van der Waals surface area contributed by atoms with E-state index >= 15 is 4.79 Å². The van der Waals surface area contributed by atoms with E-state index in [1.807, 2.05) is 17.9 Å². The molecule has 0 radical (unpaired) electrons. The van der Waals surface area contributed by atoms with Crippen molar-refractivity contribution in [2.24, 2.45) is 5.73 Å². The molecule has 2 aromatic rings. The Kier molecular flexibility index (Phi) is 4.61. The molecule has 6 rings (SSSR count). The Labute approximate surface area is 210 Å². The normalized spacial score (nSPS) is 25.3. The summed E-state index contributed by atoms with van der Waals surface area (Å²) in [5, 5.41) is 10.4. The van der Waals surface area contributed by atoms with Gasteiger partial charge in [0.05, 0.1) is 5.69 Å². The number of nitriles is 1. The average molecular weight is 486 g/mol. The zero-order valence-corrected chi connectivity index (χ0v) is 21.3. The molecule has 1 aromatic heterocycles. The van der Waals surface area contributed by atoms with Crippen molar-refractivity contribution in [3.8, 4) is 11.8 Å². The molecule has 3 aliphatic heterocycles. The summed E-state index contributed by atoms with van der Waals surface area (Å²) >= 11 is 0. The molecule has 1 aromatic carbocycles. The van der Waals surface area contributed by atoms with Gasteiger partial charge < -0.3 is 19.8 Å². The minimum absolute atomic E-state index is 0.0417. The molecule has 1 atom stereocenters. The van der Waals surface area contributed by atoms with Gasteiger partial charge in [-0.2, -0.15) is 5.26 Å². The van der Waals surface area contributed by atoms with Crippen molar-refractivity contribution in [2.45, 2.75) is 89.0 Å². The van der Waals surface area contributed by atoms with E-state index in [1.165, 1.54) is 0 Å². The lowest BCUT2D eigenvalue weighted by Gasteiger charge is -2.52. The van der Waals surface area contributed by atoms with Gasteiger partial charge in [-0.3, -0.25) is 4.79 Å². The summed E-state index contributed by atoms with van der Waals surface area (Å²) in [5.74, 6) is 0.0905. The fourth-order valence-corrected chi connectivity index (χ4v) is 7.55. The summed E-state index contributed by atoms with van der Waals surface area (Å²) in [4.78, 5) is 30.5. The van der Waals surface area contributed by atoms with E-state index < -0.39 is 16.6 Å². The Hall–Kier alpha value is -3.53. The molecule has 0 saturated heterocycles. The smallest absolute Gasteiger partial charge is 0.344 e. The van der Waals surface area contributed by atoms with E-state index in [4.69, 9.17) is 14.9 Å². The average Bonchev–Trinajstić information content (AvgIpc) is 2.91. The van der Waals surface area contributed by atoms with E-state index in [0.29, 0.717) is 11.3 Å². The number of amides is 1. The van der Waals surface area contributed by atoms with E-state index in [9.17, 15) is 10.1 Å². The summed E-state index contributed by atoms with van der Waals surface area (Å²) < 4.78 is 11.3. The van der Waals surface area contributed by atoms with Crippen LogP contribution < -0.4 is 21.0 Å². The van der Waals surface area contributed by atoms with Gasteiger partial charge in [0.1, 0.15) is 28.7 Å². The number of aryl methyl sites for hydroxylation is 2. The van der Waals surface area contributed by atoms with Crippen LogP contribution >= 0.6 is 0 Å². The number of hydrogen-bond acceptors (Lipinski definition) is 6. The maximum atomic E-state index is 15.0. The van der Waals surface area contributed by atoms with Gasteiger partial charge in [0.2, 0.25) is 11.8 Å². The molecule has 1 unspecified atom stereocenters. The van der Waals surface area contributed by atoms with Crippen molar-refractivity contribution in [2.75, 3.05) is 4.90 Å². The molecular weight excluding hydrogens is 454 g/mol. The zero-order chi connectivity index (χ0) is 25.6. The molecule has 4 heterocycles. The minimum Gasteiger partial charge on any atom is -0.440 e. The molecule has 36 heavy (non-hydrogen) atoms. The van der Waals surface area contributed by atoms with Crippen LogP contribution in [0.2, 0.25) is 0 Å². The number of fused-ring (bicyclic) bond motifs is 4. The second-order valence-corrected chi connectivity index (χ2v) is 11.6. The van der Waals surface area contributed by atoms with Crippen LogP contribution in [0.1, 0.15) is 86.8 Å². The Bertz CT molecular complexity index is 1470. The number of benzene rings is 1. The number of nitrogens with zero attached hydrogens (tertiary/aromatic N) is 2. The molecule has 186 valence electrons. The van der Waals surface area contributed by atoms with Gasteiger partial charge in [-0.1, -0.05) is 57.2 Å². The molecule has 7 heteroatoms. The van der Waals surface area contributed by atoms with E-state index in [1.54, 1.807) is 13.0 Å². The highest BCUT2D eigenvalue weighted by Gasteiger charge is 2.66. The standard InChI is InChI=1S/C29H31N3O4/c1-16-11-18-23-19(12-16)29(20(14-30)24(31)36-21-13-17(2)35-25(33)22(21)29)26(34)32(23)28(15-27(18,3)4)9-7-5-6-8-10-28/h11-13H,5-10,15,31H2,1-4H3. The number of nitrogens with two attached hydrogens (primary N) is 1. The number of hydrogen-bond donors (Lipinski definition) is 1. The Balaban J connectivity index is 1.79. The predicted octanol–water partition coefficient (Wildman–Crippen LogP) is 4.75. The number of rotatable bonds is 0. The Morgan fingerprint density at radius 3 is 2.36 bits per heavy atom. The van der Waals surface area contributed by atoms with Gasteiger partial charge >= 0.3 is 5.63 Å². The van der Waals surface area contributed by atoms with Crippen LogP contribution in [-0.4, -0.2) is 11.4 Å². The summed E-state index contributed by atoms with van der Waals surface area (Å²) in [6, 6.07) is 7.85. The molecule has 2 N–H and O–H groups in total. The van der Waals surface area contributed by atoms with Gasteiger partial charge in [0, 0.05) is 17.2 Å². The number of carbonyl (C=O) groups is 1. The van der Waals surface area contributed by atoms with Crippen LogP contribution in [0.4, 0.5) is 5.69 Å². The van der Waals surface area contributed by atoms with Crippen LogP contribution in [-0.2, 0) is 15.6 Å². The molecule has 1 aliphatic carbocycles. The second kappa shape index (κ2) is 7.25. The number of carbonyl (C=O) groups excluding carboxylic acids is 1. The topological polar surface area (TPSA) is 110 Å². The van der Waals surface area contributed by atoms with Gasteiger partial charge in [-0.05, 0) is 44.1 Å². The fraction of sp³-hybridized carbons (Fsp3) is 0.483. The van der Waals surface area contributed by atoms with Crippen molar-refractivity contribution in [1.29, 1.82) is 5.26 Å². The first-order valence-electron chi connectivity index (χ1n) is 12.8. The lowest BCUT2D eigenvalue weighted by atomic mass is 9.65. The highest BCUT2D eigenvalue weighted by molar-refractivity contribution is 6.16. The third kappa shape index (κ3) is 2.67. The first-order valence-corrected chi connectivity index (χ1v) is 12.8. The molecule has 2 spiro atoms. The van der Waals surface area contributed by atoms with Crippen LogP contribution in [0.3, 0.4) is 0 Å². The lowest BCUT2D eigenvalue weighted by Crippen LogP contribution is -2.59. The molecule has 1 amide bonds. The first kappa shape index (κ1) is 22.9. The van der Waals surface area contributed by atoms with E-state index in [0.717, 1.165) is 61.8 Å². The third-order valence-electron chi connectivity index (χ3n) is 8.78. The van der Waals surface area contributed by atoms with Crippen LogP contribution in [0.15, 0.2) is 38.9 Å². The molecule has 1 saturated carbocycles. The van der Waals surface area contributed by atoms with Gasteiger partial charge in [-0.25, -0.2) is 4.79 Å². The summed E-state index contributed by atoms with van der Waals surface area (Å²) in [7, 11) is 0. The maximum absolute atomic E-state index is 15.0. The van der Waals surface area contributed by atoms with Gasteiger partial charge in [0.25, 0.3) is 0 Å². The fourth-order valence-electron chi connectivity index (χ4n) is 7.55. The van der Waals surface area contributed by atoms with Crippen molar-refractivity contribution in [3.63, 3.8) is 0 Å². The minimum atomic E-state index is -1.70. The second-order valence-electron chi connectivity index (χ2n) is 11.6. The summed E-state index contributed by atoms with van der Waals surface area (Å²) in [6.07, 6.45) is 6.94. The predicted molar refractivity (Wildman–Crippen MR) is 135 cm³/mol. The molecule has 7 nitrogen and oxygen atoms in total. The third-order valence-corrected chi connectivity index (χ3v) is 8.78. The first-order chi connectivity index (χ1) is 17.1. The van der Waals surface area contributed by atoms with Crippen LogP contribution in [0, 0.1) is 25.2 Å². The molecular formula is C29H31N3O4. The SMILES string of the molecule is Cc1cc2c3c(c1)C1(C(=O)N3C3(CCCCCC3)CC2(C)C)C(C#N)=C(N)Oc2cc(C)oc(=O)c21. The molecule has 0 bridgehead atoms. The lowest BCUT2D eigenvalue weighted by molar-refractivity contribution is -0.122. The largest absolute Gasteiger partial charge is 0.440 e. The number of ether oxygens (including phenoxy) is 1. The molecule has 1 fully saturated rings.